The number of carbonyl (C=O) groups is 2. The fourth-order valence-electron chi connectivity index (χ4n) is 3.57. The van der Waals surface area contributed by atoms with E-state index in [1.54, 1.807) is 4.90 Å². The number of nitrogens with zero attached hydrogens (tertiary/aromatic N) is 1. The Morgan fingerprint density at radius 3 is 1.81 bits per heavy atom. The number of ether oxygens (including phenoxy) is 2. The summed E-state index contributed by atoms with van der Waals surface area (Å²) in [7, 11) is 0. The molecule has 0 spiro atoms. The monoisotopic (exact) mass is 385 g/mol. The fraction of sp³-hybridized carbons (Fsp3) is 0.900. The van der Waals surface area contributed by atoms with E-state index in [9.17, 15) is 9.59 Å². The van der Waals surface area contributed by atoms with E-state index in [-0.39, 0.29) is 23.4 Å². The second kappa shape index (κ2) is 9.24. The number of rotatable bonds is 6. The molecule has 1 aliphatic rings. The summed E-state index contributed by atoms with van der Waals surface area (Å²) in [6, 6.07) is 0. The molecule has 0 aliphatic carbocycles. The van der Waals surface area contributed by atoms with Crippen LogP contribution in [0.4, 0.5) is 4.79 Å². The van der Waals surface area contributed by atoms with E-state index < -0.39 is 11.2 Å². The zero-order chi connectivity index (χ0) is 20.9. The van der Waals surface area contributed by atoms with E-state index in [0.29, 0.717) is 39.0 Å². The average Bonchev–Trinajstić information content (AvgIpc) is 2.53. The minimum Gasteiger partial charge on any atom is -0.460 e. The van der Waals surface area contributed by atoms with Crippen LogP contribution in [0.15, 0.2) is 0 Å². The summed E-state index contributed by atoms with van der Waals surface area (Å²) in [5, 5.41) is 0. The molecule has 158 valence electrons. The van der Waals surface area contributed by atoms with Crippen molar-refractivity contribution in [2.75, 3.05) is 26.2 Å². The Morgan fingerprint density at radius 1 is 0.926 bits per heavy atom. The molecule has 7 heteroatoms. The minimum absolute atomic E-state index is 0.222. The maximum atomic E-state index is 12.3. The third-order valence-corrected chi connectivity index (χ3v) is 5.07. The van der Waals surface area contributed by atoms with Crippen molar-refractivity contribution in [3.63, 3.8) is 0 Å². The van der Waals surface area contributed by atoms with Gasteiger partial charge in [-0.2, -0.15) is 0 Å². The topological polar surface area (TPSA) is 108 Å². The van der Waals surface area contributed by atoms with Crippen LogP contribution < -0.4 is 11.5 Å². The van der Waals surface area contributed by atoms with Crippen molar-refractivity contribution in [2.45, 2.75) is 78.4 Å². The largest absolute Gasteiger partial charge is 0.460 e. The summed E-state index contributed by atoms with van der Waals surface area (Å²) in [5.41, 5.74) is 10.9. The molecule has 1 fully saturated rings. The van der Waals surface area contributed by atoms with Crippen molar-refractivity contribution >= 4 is 12.1 Å². The number of carbonyl (C=O) groups excluding carboxylic acids is 2. The lowest BCUT2D eigenvalue weighted by molar-refractivity contribution is -0.155. The number of amides is 1. The van der Waals surface area contributed by atoms with Crippen LogP contribution in [0.1, 0.15) is 67.2 Å². The van der Waals surface area contributed by atoms with Crippen LogP contribution in [-0.4, -0.2) is 54.3 Å². The van der Waals surface area contributed by atoms with Crippen LogP contribution in [0.25, 0.3) is 0 Å². The van der Waals surface area contributed by atoms with Gasteiger partial charge >= 0.3 is 12.1 Å². The molecule has 1 saturated heterocycles. The van der Waals surface area contributed by atoms with Crippen molar-refractivity contribution in [1.82, 2.24) is 4.90 Å². The first kappa shape index (κ1) is 23.7. The van der Waals surface area contributed by atoms with Gasteiger partial charge in [0, 0.05) is 19.5 Å². The van der Waals surface area contributed by atoms with E-state index in [4.69, 9.17) is 20.9 Å². The zero-order valence-electron chi connectivity index (χ0n) is 18.0. The average molecular weight is 386 g/mol. The molecule has 7 nitrogen and oxygen atoms in total. The van der Waals surface area contributed by atoms with E-state index in [2.05, 4.69) is 0 Å². The smallest absolute Gasteiger partial charge is 0.410 e. The molecule has 0 aromatic heterocycles. The maximum absolute atomic E-state index is 12.3. The van der Waals surface area contributed by atoms with Crippen LogP contribution in [0.2, 0.25) is 0 Å². The predicted octanol–water partition coefficient (Wildman–Crippen LogP) is 2.66. The van der Waals surface area contributed by atoms with Gasteiger partial charge in [-0.25, -0.2) is 4.79 Å². The van der Waals surface area contributed by atoms with E-state index >= 15 is 0 Å². The molecule has 0 radical (unpaired) electrons. The molecule has 1 amide bonds. The highest BCUT2D eigenvalue weighted by Gasteiger charge is 2.40. The first-order valence-corrected chi connectivity index (χ1v) is 9.92. The number of likely N-dealkylation sites (tertiary alicyclic amines) is 1. The van der Waals surface area contributed by atoms with Gasteiger partial charge in [0.25, 0.3) is 0 Å². The quantitative estimate of drug-likeness (QED) is 0.681. The van der Waals surface area contributed by atoms with Crippen molar-refractivity contribution < 1.29 is 19.1 Å². The maximum Gasteiger partial charge on any atom is 0.410 e. The lowest BCUT2D eigenvalue weighted by Gasteiger charge is -2.44. The third kappa shape index (κ3) is 7.66. The highest BCUT2D eigenvalue weighted by Crippen LogP contribution is 2.38. The molecule has 0 bridgehead atoms. The second-order valence-electron chi connectivity index (χ2n) is 9.60. The molecular formula is C20H39N3O4. The molecular weight excluding hydrogens is 346 g/mol. The Kier molecular flexibility index (Phi) is 8.11. The first-order valence-electron chi connectivity index (χ1n) is 9.92. The molecule has 0 unspecified atom stereocenters. The van der Waals surface area contributed by atoms with Crippen molar-refractivity contribution in [3.05, 3.63) is 0 Å². The summed E-state index contributed by atoms with van der Waals surface area (Å²) in [6.07, 6.45) is 2.24. The third-order valence-electron chi connectivity index (χ3n) is 5.07. The first-order chi connectivity index (χ1) is 12.3. The number of esters is 1. The van der Waals surface area contributed by atoms with E-state index in [1.807, 2.05) is 41.5 Å². The van der Waals surface area contributed by atoms with Crippen LogP contribution in [0.5, 0.6) is 0 Å². The SMILES string of the molecule is CC(C)(C)OC(=O)CCC(CN)(CN)C1CCN(C(=O)OC(C)(C)C)CC1. The molecule has 27 heavy (non-hydrogen) atoms. The van der Waals surface area contributed by atoms with Gasteiger partial charge in [0.2, 0.25) is 0 Å². The van der Waals surface area contributed by atoms with E-state index in [1.165, 1.54) is 0 Å². The fourth-order valence-corrected chi connectivity index (χ4v) is 3.57. The van der Waals surface area contributed by atoms with Crippen molar-refractivity contribution in [2.24, 2.45) is 22.8 Å². The van der Waals surface area contributed by atoms with Crippen LogP contribution >= 0.6 is 0 Å². The van der Waals surface area contributed by atoms with Gasteiger partial charge in [-0.3, -0.25) is 4.79 Å². The van der Waals surface area contributed by atoms with Crippen molar-refractivity contribution in [1.29, 1.82) is 0 Å². The lowest BCUT2D eigenvalue weighted by atomic mass is 9.68. The summed E-state index contributed by atoms with van der Waals surface area (Å²) in [4.78, 5) is 26.1. The summed E-state index contributed by atoms with van der Waals surface area (Å²) < 4.78 is 10.9. The Balaban J connectivity index is 2.66. The van der Waals surface area contributed by atoms with Crippen LogP contribution in [0, 0.1) is 11.3 Å². The normalized spacial score (nSPS) is 17.0. The van der Waals surface area contributed by atoms with Gasteiger partial charge in [-0.05, 0) is 85.2 Å². The summed E-state index contributed by atoms with van der Waals surface area (Å²) >= 11 is 0. The van der Waals surface area contributed by atoms with E-state index in [0.717, 1.165) is 12.8 Å². The standard InChI is InChI=1S/C20H39N3O4/c1-18(2,3)26-16(24)7-10-20(13-21,14-22)15-8-11-23(12-9-15)17(25)27-19(4,5)6/h15H,7-14,21-22H2,1-6H3. The lowest BCUT2D eigenvalue weighted by Crippen LogP contribution is -2.50. The molecule has 0 saturated carbocycles. The Bertz CT molecular complexity index is 496. The highest BCUT2D eigenvalue weighted by molar-refractivity contribution is 5.70. The molecule has 1 heterocycles. The molecule has 1 rings (SSSR count). The number of piperidine rings is 1. The number of hydrogen-bond donors (Lipinski definition) is 2. The van der Waals surface area contributed by atoms with Gasteiger partial charge in [-0.15, -0.1) is 0 Å². The van der Waals surface area contributed by atoms with Gasteiger partial charge in [0.15, 0.2) is 0 Å². The predicted molar refractivity (Wildman–Crippen MR) is 106 cm³/mol. The molecule has 0 aromatic rings. The number of hydrogen-bond acceptors (Lipinski definition) is 6. The second-order valence-corrected chi connectivity index (χ2v) is 9.60. The molecule has 0 atom stereocenters. The number of nitrogens with two attached hydrogens (primary N) is 2. The van der Waals surface area contributed by atoms with Crippen LogP contribution in [0.3, 0.4) is 0 Å². The van der Waals surface area contributed by atoms with Gasteiger partial charge in [-0.1, -0.05) is 0 Å². The summed E-state index contributed by atoms with van der Waals surface area (Å²) in [6.45, 7) is 13.2. The highest BCUT2D eigenvalue weighted by atomic mass is 16.6. The van der Waals surface area contributed by atoms with Gasteiger partial charge in [0.05, 0.1) is 0 Å². The molecule has 1 aliphatic heterocycles. The van der Waals surface area contributed by atoms with Gasteiger partial charge < -0.3 is 25.8 Å². The zero-order valence-corrected chi connectivity index (χ0v) is 18.0. The van der Waals surface area contributed by atoms with Crippen LogP contribution in [-0.2, 0) is 14.3 Å². The Labute approximate surface area is 164 Å². The van der Waals surface area contributed by atoms with Gasteiger partial charge in [0.1, 0.15) is 11.2 Å². The summed E-state index contributed by atoms with van der Waals surface area (Å²) in [5.74, 6) is 0.0496. The Morgan fingerprint density at radius 2 is 1.41 bits per heavy atom. The molecule has 4 N–H and O–H groups in total. The minimum atomic E-state index is -0.500. The van der Waals surface area contributed by atoms with Crippen molar-refractivity contribution in [3.8, 4) is 0 Å². The molecule has 0 aromatic carbocycles. The Hall–Kier alpha value is -1.34.